The number of carbonyl (C=O) groups excluding carboxylic acids is 2. The minimum atomic E-state index is -0.482. The van der Waals surface area contributed by atoms with Gasteiger partial charge in [-0.2, -0.15) is 0 Å². The Labute approximate surface area is 116 Å². The Kier molecular flexibility index (Phi) is 5.31. The Morgan fingerprint density at radius 3 is 2.47 bits per heavy atom. The summed E-state index contributed by atoms with van der Waals surface area (Å²) in [6.07, 6.45) is 0. The maximum absolute atomic E-state index is 12.0. The van der Waals surface area contributed by atoms with Crippen molar-refractivity contribution in [2.45, 2.75) is 6.92 Å². The third kappa shape index (κ3) is 3.45. The Bertz CT molecular complexity index is 482. The molecule has 1 amide bonds. The average Bonchev–Trinajstić information content (AvgIpc) is 2.64. The monoisotopic (exact) mass is 286 g/mol. The summed E-state index contributed by atoms with van der Waals surface area (Å²) in [4.78, 5) is 25.6. The van der Waals surface area contributed by atoms with Crippen molar-refractivity contribution < 1.29 is 19.1 Å². The first-order valence-electron chi connectivity index (χ1n) is 5.66. The third-order valence-electron chi connectivity index (χ3n) is 2.50. The van der Waals surface area contributed by atoms with Gasteiger partial charge < -0.3 is 20.1 Å². The molecule has 1 rings (SSSR count). The zero-order valence-corrected chi connectivity index (χ0v) is 12.3. The number of amides is 1. The predicted molar refractivity (Wildman–Crippen MR) is 73.6 cm³/mol. The zero-order valence-electron chi connectivity index (χ0n) is 11.5. The maximum atomic E-state index is 12.0. The van der Waals surface area contributed by atoms with Gasteiger partial charge in [-0.1, -0.05) is 0 Å². The molecule has 0 spiro atoms. The van der Waals surface area contributed by atoms with Crippen LogP contribution in [-0.4, -0.2) is 51.2 Å². The van der Waals surface area contributed by atoms with Crippen molar-refractivity contribution in [1.82, 2.24) is 4.90 Å². The molecule has 0 unspecified atom stereocenters. The van der Waals surface area contributed by atoms with Crippen LogP contribution in [0.4, 0.5) is 5.00 Å². The molecular formula is C12H18N2O4S. The molecule has 0 radical (unpaired) electrons. The van der Waals surface area contributed by atoms with Crippen molar-refractivity contribution in [3.05, 3.63) is 16.0 Å². The number of nitrogens with zero attached hydrogens (tertiary/aromatic N) is 1. The molecule has 106 valence electrons. The van der Waals surface area contributed by atoms with Crippen LogP contribution in [0.3, 0.4) is 0 Å². The Morgan fingerprint density at radius 1 is 1.32 bits per heavy atom. The van der Waals surface area contributed by atoms with E-state index in [0.29, 0.717) is 27.6 Å². The molecule has 2 N–H and O–H groups in total. The van der Waals surface area contributed by atoms with E-state index in [0.717, 1.165) is 11.3 Å². The molecule has 0 aromatic carbocycles. The molecule has 0 aliphatic rings. The summed E-state index contributed by atoms with van der Waals surface area (Å²) >= 11 is 1.07. The van der Waals surface area contributed by atoms with E-state index in [4.69, 9.17) is 15.2 Å². The highest BCUT2D eigenvalue weighted by Gasteiger charge is 2.24. The summed E-state index contributed by atoms with van der Waals surface area (Å²) in [5.41, 5.74) is 6.74. The fraction of sp³-hybridized carbons (Fsp3) is 0.500. The van der Waals surface area contributed by atoms with Gasteiger partial charge >= 0.3 is 5.97 Å². The number of carbonyl (C=O) groups is 2. The van der Waals surface area contributed by atoms with Crippen LogP contribution in [0.2, 0.25) is 0 Å². The van der Waals surface area contributed by atoms with Gasteiger partial charge in [0.25, 0.3) is 5.91 Å². The molecule has 1 aromatic rings. The number of hydrogen-bond donors (Lipinski definition) is 1. The lowest BCUT2D eigenvalue weighted by molar-refractivity contribution is 0.0393. The standard InChI is InChI=1S/C12H18N2O4S/c1-7-8(11(15)14(2)3)10(13)19-9(7)12(16)18-6-5-17-4/h5-6,13H2,1-4H3. The Balaban J connectivity index is 2.96. The van der Waals surface area contributed by atoms with Crippen LogP contribution in [0.1, 0.15) is 25.6 Å². The van der Waals surface area contributed by atoms with Gasteiger partial charge in [0.15, 0.2) is 0 Å². The molecule has 0 aliphatic carbocycles. The summed E-state index contributed by atoms with van der Waals surface area (Å²) in [5.74, 6) is -0.703. The van der Waals surface area contributed by atoms with E-state index in [1.807, 2.05) is 0 Å². The van der Waals surface area contributed by atoms with Gasteiger partial charge in [0.2, 0.25) is 0 Å². The fourth-order valence-corrected chi connectivity index (χ4v) is 2.46. The SMILES string of the molecule is COCCOC(=O)c1sc(N)c(C(=O)N(C)C)c1C. The van der Waals surface area contributed by atoms with E-state index in [1.165, 1.54) is 12.0 Å². The first-order valence-corrected chi connectivity index (χ1v) is 6.48. The Morgan fingerprint density at radius 2 is 1.95 bits per heavy atom. The second-order valence-electron chi connectivity index (χ2n) is 4.12. The van der Waals surface area contributed by atoms with Crippen molar-refractivity contribution in [3.63, 3.8) is 0 Å². The normalized spacial score (nSPS) is 10.3. The third-order valence-corrected chi connectivity index (χ3v) is 3.60. The molecule has 0 aliphatic heterocycles. The minimum Gasteiger partial charge on any atom is -0.459 e. The number of anilines is 1. The summed E-state index contributed by atoms with van der Waals surface area (Å²) in [6.45, 7) is 2.19. The molecule has 1 heterocycles. The van der Waals surface area contributed by atoms with E-state index in [1.54, 1.807) is 21.0 Å². The van der Waals surface area contributed by atoms with Gasteiger partial charge in [0.05, 0.1) is 17.2 Å². The predicted octanol–water partition coefficient (Wildman–Crippen LogP) is 1.14. The van der Waals surface area contributed by atoms with Crippen LogP contribution in [0.15, 0.2) is 0 Å². The zero-order chi connectivity index (χ0) is 14.6. The van der Waals surface area contributed by atoms with Crippen molar-refractivity contribution in [1.29, 1.82) is 0 Å². The summed E-state index contributed by atoms with van der Waals surface area (Å²) in [5, 5.41) is 0.329. The Hall–Kier alpha value is -1.60. The number of ether oxygens (including phenoxy) is 2. The van der Waals surface area contributed by atoms with Gasteiger partial charge in [0.1, 0.15) is 11.5 Å². The fourth-order valence-electron chi connectivity index (χ4n) is 1.50. The molecule has 19 heavy (non-hydrogen) atoms. The summed E-state index contributed by atoms with van der Waals surface area (Å²) < 4.78 is 9.82. The highest BCUT2D eigenvalue weighted by atomic mass is 32.1. The highest BCUT2D eigenvalue weighted by Crippen LogP contribution is 2.31. The van der Waals surface area contributed by atoms with Crippen molar-refractivity contribution in [3.8, 4) is 0 Å². The van der Waals surface area contributed by atoms with Crippen molar-refractivity contribution in [2.24, 2.45) is 0 Å². The van der Waals surface area contributed by atoms with Gasteiger partial charge in [-0.3, -0.25) is 4.79 Å². The maximum Gasteiger partial charge on any atom is 0.348 e. The molecular weight excluding hydrogens is 268 g/mol. The van der Waals surface area contributed by atoms with Gasteiger partial charge in [0, 0.05) is 21.2 Å². The molecule has 0 atom stereocenters. The summed E-state index contributed by atoms with van der Waals surface area (Å²) in [6, 6.07) is 0. The van der Waals surface area contributed by atoms with Gasteiger partial charge in [-0.05, 0) is 12.5 Å². The van der Waals surface area contributed by atoms with E-state index in [9.17, 15) is 9.59 Å². The number of methoxy groups -OCH3 is 1. The number of esters is 1. The first-order chi connectivity index (χ1) is 8.90. The van der Waals surface area contributed by atoms with Crippen LogP contribution >= 0.6 is 11.3 Å². The van der Waals surface area contributed by atoms with E-state index >= 15 is 0 Å². The van der Waals surface area contributed by atoms with Crippen LogP contribution in [0, 0.1) is 6.92 Å². The molecule has 0 fully saturated rings. The number of thiophene rings is 1. The topological polar surface area (TPSA) is 81.9 Å². The van der Waals surface area contributed by atoms with Crippen LogP contribution in [0.5, 0.6) is 0 Å². The lowest BCUT2D eigenvalue weighted by Gasteiger charge is -2.10. The number of rotatable bonds is 5. The van der Waals surface area contributed by atoms with Crippen LogP contribution in [-0.2, 0) is 9.47 Å². The molecule has 6 nitrogen and oxygen atoms in total. The van der Waals surface area contributed by atoms with Crippen molar-refractivity contribution >= 4 is 28.2 Å². The first kappa shape index (κ1) is 15.5. The molecule has 0 saturated carbocycles. The number of nitrogens with two attached hydrogens (primary N) is 1. The molecule has 0 bridgehead atoms. The summed E-state index contributed by atoms with van der Waals surface area (Å²) in [7, 11) is 4.79. The molecule has 0 saturated heterocycles. The van der Waals surface area contributed by atoms with Gasteiger partial charge in [-0.15, -0.1) is 11.3 Å². The second kappa shape index (κ2) is 6.53. The van der Waals surface area contributed by atoms with Crippen LogP contribution in [0.25, 0.3) is 0 Å². The molecule has 7 heteroatoms. The smallest absolute Gasteiger partial charge is 0.348 e. The van der Waals surface area contributed by atoms with E-state index in [2.05, 4.69) is 0 Å². The van der Waals surface area contributed by atoms with Crippen LogP contribution < -0.4 is 5.73 Å². The quantitative estimate of drug-likeness (QED) is 0.648. The lowest BCUT2D eigenvalue weighted by Crippen LogP contribution is -2.23. The van der Waals surface area contributed by atoms with Crippen molar-refractivity contribution in [2.75, 3.05) is 40.2 Å². The largest absolute Gasteiger partial charge is 0.459 e. The highest BCUT2D eigenvalue weighted by molar-refractivity contribution is 7.18. The number of hydrogen-bond acceptors (Lipinski definition) is 6. The average molecular weight is 286 g/mol. The minimum absolute atomic E-state index is 0.170. The van der Waals surface area contributed by atoms with E-state index in [-0.39, 0.29) is 12.5 Å². The second-order valence-corrected chi connectivity index (χ2v) is 5.18. The lowest BCUT2D eigenvalue weighted by atomic mass is 10.1. The van der Waals surface area contributed by atoms with Gasteiger partial charge in [-0.25, -0.2) is 4.79 Å². The molecule has 1 aromatic heterocycles. The number of nitrogen functional groups attached to an aromatic ring is 1. The van der Waals surface area contributed by atoms with E-state index < -0.39 is 5.97 Å².